The van der Waals surface area contributed by atoms with Gasteiger partial charge >= 0.3 is 0 Å². The zero-order valence-corrected chi connectivity index (χ0v) is 11.6. The zero-order valence-electron chi connectivity index (χ0n) is 11.6. The van der Waals surface area contributed by atoms with Gasteiger partial charge in [0.1, 0.15) is 0 Å². The molecule has 0 radical (unpaired) electrons. The van der Waals surface area contributed by atoms with E-state index in [1.807, 2.05) is 33.9 Å². The highest BCUT2D eigenvalue weighted by molar-refractivity contribution is 5.15. The summed E-state index contributed by atoms with van der Waals surface area (Å²) in [6, 6.07) is 0. The molecule has 0 amide bonds. The van der Waals surface area contributed by atoms with Crippen LogP contribution < -0.4 is 0 Å². The molecule has 0 unspecified atom stereocenters. The van der Waals surface area contributed by atoms with Gasteiger partial charge in [0.2, 0.25) is 0 Å². The Bertz CT molecular complexity index is 226. The van der Waals surface area contributed by atoms with Gasteiger partial charge in [-0.2, -0.15) is 5.10 Å². The molecule has 15 heavy (non-hydrogen) atoms. The van der Waals surface area contributed by atoms with Crippen LogP contribution in [0, 0.1) is 6.92 Å². The first kappa shape index (κ1) is 16.6. The van der Waals surface area contributed by atoms with E-state index in [4.69, 9.17) is 0 Å². The van der Waals surface area contributed by atoms with Crippen LogP contribution in [0.5, 0.6) is 0 Å². The highest BCUT2D eigenvalue weighted by Crippen LogP contribution is 2.08. The molecule has 2 nitrogen and oxygen atoms in total. The monoisotopic (exact) mass is 212 g/mol. The van der Waals surface area contributed by atoms with E-state index in [1.165, 1.54) is 17.7 Å². The van der Waals surface area contributed by atoms with Crippen LogP contribution in [0.15, 0.2) is 6.20 Å². The van der Waals surface area contributed by atoms with Crippen LogP contribution in [-0.2, 0) is 13.0 Å². The minimum absolute atomic E-state index is 0.989. The lowest BCUT2D eigenvalue weighted by atomic mass is 10.2. The predicted molar refractivity (Wildman–Crippen MR) is 69.3 cm³/mol. The van der Waals surface area contributed by atoms with Crippen molar-refractivity contribution in [3.05, 3.63) is 17.5 Å². The Kier molecular flexibility index (Phi) is 12.5. The molecule has 0 saturated heterocycles. The molecule has 2 heteroatoms. The Labute approximate surface area is 95.7 Å². The van der Waals surface area contributed by atoms with Crippen LogP contribution in [0.1, 0.15) is 59.2 Å². The van der Waals surface area contributed by atoms with Gasteiger partial charge in [-0.05, 0) is 25.8 Å². The summed E-state index contributed by atoms with van der Waals surface area (Å²) < 4.78 is 2.08. The van der Waals surface area contributed by atoms with E-state index >= 15 is 0 Å². The van der Waals surface area contributed by atoms with E-state index in [2.05, 4.69) is 30.6 Å². The summed E-state index contributed by atoms with van der Waals surface area (Å²) >= 11 is 0. The Hall–Kier alpha value is -0.790. The first-order valence-corrected chi connectivity index (χ1v) is 6.30. The number of nitrogens with zero attached hydrogens (tertiary/aromatic N) is 2. The van der Waals surface area contributed by atoms with Crippen LogP contribution in [-0.4, -0.2) is 9.78 Å². The first-order valence-electron chi connectivity index (χ1n) is 6.30. The summed E-state index contributed by atoms with van der Waals surface area (Å²) in [4.78, 5) is 0. The smallest absolute Gasteiger partial charge is 0.0521 e. The second-order valence-corrected chi connectivity index (χ2v) is 2.84. The van der Waals surface area contributed by atoms with Crippen molar-refractivity contribution in [1.82, 2.24) is 9.78 Å². The lowest BCUT2D eigenvalue weighted by molar-refractivity contribution is 0.614. The van der Waals surface area contributed by atoms with Gasteiger partial charge in [-0.25, -0.2) is 0 Å². The van der Waals surface area contributed by atoms with Crippen molar-refractivity contribution in [2.24, 2.45) is 0 Å². The maximum atomic E-state index is 4.27. The van der Waals surface area contributed by atoms with E-state index in [-0.39, 0.29) is 0 Å². The number of hydrogen-bond acceptors (Lipinski definition) is 1. The summed E-state index contributed by atoms with van der Waals surface area (Å²) in [7, 11) is 0. The van der Waals surface area contributed by atoms with Gasteiger partial charge in [-0.3, -0.25) is 4.68 Å². The zero-order chi connectivity index (χ0) is 12.3. The van der Waals surface area contributed by atoms with Crippen molar-refractivity contribution in [1.29, 1.82) is 0 Å². The van der Waals surface area contributed by atoms with E-state index in [0.29, 0.717) is 0 Å². The number of aryl methyl sites for hydroxylation is 2. The molecule has 0 aliphatic carbocycles. The van der Waals surface area contributed by atoms with Gasteiger partial charge in [-0.1, -0.05) is 41.0 Å². The van der Waals surface area contributed by atoms with Crippen molar-refractivity contribution in [3.63, 3.8) is 0 Å². The molecule has 0 spiro atoms. The molecule has 90 valence electrons. The molecule has 0 atom stereocenters. The fraction of sp³-hybridized carbons (Fsp3) is 0.769. The highest BCUT2D eigenvalue weighted by atomic mass is 15.3. The third-order valence-corrected chi connectivity index (χ3v) is 1.94. The van der Waals surface area contributed by atoms with Crippen LogP contribution in [0.3, 0.4) is 0 Å². The molecule has 0 fully saturated rings. The van der Waals surface area contributed by atoms with Gasteiger partial charge in [0, 0.05) is 12.2 Å². The summed E-state index contributed by atoms with van der Waals surface area (Å²) in [5.74, 6) is 0. The average Bonchev–Trinajstić information content (AvgIpc) is 2.66. The standard InChI is InChI=1S/C9H16N2.2C2H6/c1-4-6-9-8(3)7-10-11(9)5-2;2*1-2/h7H,4-6H2,1-3H3;2*1-2H3. The van der Waals surface area contributed by atoms with E-state index < -0.39 is 0 Å². The van der Waals surface area contributed by atoms with Crippen molar-refractivity contribution >= 4 is 0 Å². The Morgan fingerprint density at radius 1 is 1.13 bits per heavy atom. The molecule has 1 aromatic rings. The van der Waals surface area contributed by atoms with Crippen molar-refractivity contribution in [2.75, 3.05) is 0 Å². The molecule has 0 N–H and O–H groups in total. The van der Waals surface area contributed by atoms with E-state index in [1.54, 1.807) is 0 Å². The van der Waals surface area contributed by atoms with Crippen LogP contribution in [0.4, 0.5) is 0 Å². The van der Waals surface area contributed by atoms with Gasteiger partial charge in [-0.15, -0.1) is 0 Å². The third kappa shape index (κ3) is 5.60. The number of aromatic nitrogens is 2. The van der Waals surface area contributed by atoms with Gasteiger partial charge in [0.25, 0.3) is 0 Å². The Morgan fingerprint density at radius 2 is 1.67 bits per heavy atom. The van der Waals surface area contributed by atoms with Crippen LogP contribution in [0.25, 0.3) is 0 Å². The highest BCUT2D eigenvalue weighted by Gasteiger charge is 2.03. The van der Waals surface area contributed by atoms with E-state index in [0.717, 1.165) is 13.0 Å². The second-order valence-electron chi connectivity index (χ2n) is 2.84. The molecule has 0 bridgehead atoms. The normalized spacial score (nSPS) is 8.47. The largest absolute Gasteiger partial charge is 0.270 e. The predicted octanol–water partition coefficient (Wildman–Crippen LogP) is 4.22. The lowest BCUT2D eigenvalue weighted by Gasteiger charge is -2.03. The van der Waals surface area contributed by atoms with Crippen molar-refractivity contribution in [3.8, 4) is 0 Å². The molecular formula is C13H28N2. The molecule has 0 aromatic carbocycles. The minimum Gasteiger partial charge on any atom is -0.270 e. The van der Waals surface area contributed by atoms with Crippen molar-refractivity contribution in [2.45, 2.75) is 67.9 Å². The summed E-state index contributed by atoms with van der Waals surface area (Å²) in [5.41, 5.74) is 2.73. The molecule has 1 aromatic heterocycles. The molecule has 0 saturated carbocycles. The molecule has 0 aliphatic heterocycles. The topological polar surface area (TPSA) is 17.8 Å². The second kappa shape index (κ2) is 11.3. The summed E-state index contributed by atoms with van der Waals surface area (Å²) in [6.07, 6.45) is 4.31. The Balaban J connectivity index is 0. The Morgan fingerprint density at radius 3 is 2.07 bits per heavy atom. The molecular weight excluding hydrogens is 184 g/mol. The van der Waals surface area contributed by atoms with Gasteiger partial charge in [0.15, 0.2) is 0 Å². The maximum Gasteiger partial charge on any atom is 0.0521 e. The quantitative estimate of drug-likeness (QED) is 0.733. The van der Waals surface area contributed by atoms with E-state index in [9.17, 15) is 0 Å². The minimum atomic E-state index is 0.989. The van der Waals surface area contributed by atoms with Crippen molar-refractivity contribution < 1.29 is 0 Å². The number of rotatable bonds is 3. The third-order valence-electron chi connectivity index (χ3n) is 1.94. The summed E-state index contributed by atoms with van der Waals surface area (Å²) in [5, 5.41) is 4.27. The fourth-order valence-electron chi connectivity index (χ4n) is 1.34. The maximum absolute atomic E-state index is 4.27. The number of hydrogen-bond donors (Lipinski definition) is 0. The van der Waals surface area contributed by atoms with Crippen LogP contribution in [0.2, 0.25) is 0 Å². The van der Waals surface area contributed by atoms with Gasteiger partial charge in [0.05, 0.1) is 6.20 Å². The average molecular weight is 212 g/mol. The molecule has 1 heterocycles. The molecule has 0 aliphatic rings. The fourth-order valence-corrected chi connectivity index (χ4v) is 1.34. The molecule has 1 rings (SSSR count). The summed E-state index contributed by atoms with van der Waals surface area (Å²) in [6.45, 7) is 15.4. The van der Waals surface area contributed by atoms with Gasteiger partial charge < -0.3 is 0 Å². The lowest BCUT2D eigenvalue weighted by Crippen LogP contribution is -2.02. The first-order chi connectivity index (χ1) is 7.29. The SMILES string of the molecule is CC.CC.CCCc1c(C)cnn1CC. The van der Waals surface area contributed by atoms with Crippen LogP contribution >= 0.6 is 0 Å².